The number of carbonyl (C=O) groups is 8. The molecule has 478 valence electrons. The molecule has 9 N–H and O–H groups in total. The summed E-state index contributed by atoms with van der Waals surface area (Å²) >= 11 is 1.56. The zero-order valence-corrected chi connectivity index (χ0v) is 53.0. The molecule has 3 aliphatic rings. The molecule has 3 aromatic carbocycles. The fourth-order valence-electron chi connectivity index (χ4n) is 11.9. The van der Waals surface area contributed by atoms with Crippen molar-refractivity contribution in [3.63, 3.8) is 0 Å². The summed E-state index contributed by atoms with van der Waals surface area (Å²) in [6.07, 6.45) is 3.85. The number of benzene rings is 3. The molecule has 3 aliphatic heterocycles. The second-order valence-electron chi connectivity index (χ2n) is 25.7. The number of likely N-dealkylation sites (tertiary alicyclic amines) is 1. The molecule has 8 amide bonds. The van der Waals surface area contributed by atoms with E-state index in [1.165, 1.54) is 4.90 Å². The Bertz CT molecular complexity index is 2950. The van der Waals surface area contributed by atoms with Gasteiger partial charge in [-0.05, 0) is 93.9 Å². The molecule has 3 saturated heterocycles. The van der Waals surface area contributed by atoms with Gasteiger partial charge in [0.1, 0.15) is 30.0 Å². The summed E-state index contributed by atoms with van der Waals surface area (Å²) in [7, 11) is 0. The van der Waals surface area contributed by atoms with Crippen LogP contribution >= 0.6 is 11.3 Å². The summed E-state index contributed by atoms with van der Waals surface area (Å²) in [5, 5.41) is 37.6. The first-order valence-electron chi connectivity index (χ1n) is 31.1. The predicted octanol–water partition coefficient (Wildman–Crippen LogP) is 6.67. The molecular formula is C66H92N10O11S. The molecule has 1 aromatic heterocycles. The Labute approximate surface area is 521 Å². The van der Waals surface area contributed by atoms with Gasteiger partial charge in [0.05, 0.1) is 40.3 Å². The van der Waals surface area contributed by atoms with Crippen molar-refractivity contribution in [1.82, 2.24) is 46.3 Å². The van der Waals surface area contributed by atoms with Crippen LogP contribution in [-0.4, -0.2) is 151 Å². The van der Waals surface area contributed by atoms with Crippen LogP contribution in [0, 0.1) is 12.3 Å². The second-order valence-corrected chi connectivity index (χ2v) is 26.6. The number of β-amino-alcohol motifs (C(OH)–C–C–N with tert-alkyl or cyclic N) is 1. The van der Waals surface area contributed by atoms with Crippen LogP contribution in [0.15, 0.2) is 90.4 Å². The molecule has 3 fully saturated rings. The number of nitrogens with zero attached hydrogens (tertiary/aromatic N) is 4. The van der Waals surface area contributed by atoms with Gasteiger partial charge in [-0.1, -0.05) is 138 Å². The van der Waals surface area contributed by atoms with E-state index in [9.17, 15) is 48.6 Å². The van der Waals surface area contributed by atoms with Gasteiger partial charge in [-0.2, -0.15) is 0 Å². The van der Waals surface area contributed by atoms with Crippen molar-refractivity contribution >= 4 is 58.8 Å². The maximum Gasteiger partial charge on any atom is 0.408 e. The number of alkyl carbamates (subject to hydrolysis) is 1. The quantitative estimate of drug-likeness (QED) is 0.0305. The van der Waals surface area contributed by atoms with Gasteiger partial charge in [0.25, 0.3) is 0 Å². The molecule has 0 radical (unpaired) electrons. The standard InChI is InChI=1S/C66H92N10O11S/c1-42-57(88-41-69-42)46-29-27-43(28-30-46)38-68-60(82)52-37-48(77)39-75(52)63(85)58(65(2,3)4)72-54(79)25-19-11-9-8-10-12-20-26-55(80)74-36-35-47-31-33-51(76(47)62(84)50(40-74)71-64(86)87-66(5,6)7)61(83)70-49(32-34-53(67)78)59(81)73-56(44-21-15-13-16-22-44)45-23-17-14-18-24-45/h13-18,21-24,27-30,41,47-52,56,58,62,77,84H,8-12,19-20,25-26,31-40H2,1-7H3,(H2,67,78)(H,68,82)(H,70,83)(H,71,86)(H,72,79)(H,73,81)/t47-,48-,49?,50+,51+,52+,58-,62?/m1/s1. The van der Waals surface area contributed by atoms with Gasteiger partial charge in [0.2, 0.25) is 41.4 Å². The minimum absolute atomic E-state index is 0.0156. The summed E-state index contributed by atoms with van der Waals surface area (Å²) < 4.78 is 5.60. The van der Waals surface area contributed by atoms with E-state index < -0.39 is 89.3 Å². The van der Waals surface area contributed by atoms with Crippen LogP contribution in [0.3, 0.4) is 0 Å². The number of primary amides is 1. The fraction of sp³-hybridized carbons (Fsp3) is 0.561. The monoisotopic (exact) mass is 1230 g/mol. The van der Waals surface area contributed by atoms with Crippen molar-refractivity contribution in [2.24, 2.45) is 11.1 Å². The van der Waals surface area contributed by atoms with Crippen LogP contribution in [0.25, 0.3) is 10.4 Å². The number of ether oxygens (including phenoxy) is 1. The number of hydrogen-bond acceptors (Lipinski definition) is 14. The first kappa shape index (κ1) is 68.2. The molecule has 4 heterocycles. The van der Waals surface area contributed by atoms with Gasteiger partial charge in [-0.3, -0.25) is 38.5 Å². The van der Waals surface area contributed by atoms with Crippen molar-refractivity contribution in [3.8, 4) is 10.4 Å². The lowest BCUT2D eigenvalue weighted by Gasteiger charge is -2.42. The molecule has 0 aliphatic carbocycles. The highest BCUT2D eigenvalue weighted by Crippen LogP contribution is 2.33. The number of carbonyl (C=O) groups excluding carboxylic acids is 8. The molecule has 8 atom stereocenters. The van der Waals surface area contributed by atoms with Crippen molar-refractivity contribution in [2.45, 2.75) is 212 Å². The fourth-order valence-corrected chi connectivity index (χ4v) is 12.7. The van der Waals surface area contributed by atoms with Gasteiger partial charge in [-0.15, -0.1) is 11.3 Å². The third kappa shape index (κ3) is 19.6. The van der Waals surface area contributed by atoms with Crippen molar-refractivity contribution < 1.29 is 53.3 Å². The number of aliphatic hydroxyl groups excluding tert-OH is 2. The number of nitrogens with one attached hydrogen (secondary N) is 5. The molecule has 0 spiro atoms. The van der Waals surface area contributed by atoms with Gasteiger partial charge < -0.3 is 57.1 Å². The normalized spacial score (nSPS) is 20.4. The Balaban J connectivity index is 0.864. The molecule has 7 rings (SSSR count). The number of thiazole rings is 1. The first-order valence-corrected chi connectivity index (χ1v) is 32.0. The number of amides is 8. The number of aliphatic hydroxyl groups is 2. The van der Waals surface area contributed by atoms with Crippen LogP contribution in [0.1, 0.15) is 166 Å². The lowest BCUT2D eigenvalue weighted by molar-refractivity contribution is -0.144. The van der Waals surface area contributed by atoms with Crippen LogP contribution in [0.2, 0.25) is 0 Å². The van der Waals surface area contributed by atoms with Crippen LogP contribution in [0.5, 0.6) is 0 Å². The van der Waals surface area contributed by atoms with Crippen LogP contribution in [-0.2, 0) is 44.8 Å². The molecule has 0 saturated carbocycles. The highest BCUT2D eigenvalue weighted by Gasteiger charge is 2.48. The van der Waals surface area contributed by atoms with Gasteiger partial charge in [-0.25, -0.2) is 9.78 Å². The van der Waals surface area contributed by atoms with Crippen LogP contribution < -0.4 is 32.3 Å². The van der Waals surface area contributed by atoms with E-state index in [4.69, 9.17) is 10.5 Å². The Hall–Kier alpha value is -7.27. The number of aryl methyl sites for hydroxylation is 1. The van der Waals surface area contributed by atoms with E-state index in [-0.39, 0.29) is 75.5 Å². The summed E-state index contributed by atoms with van der Waals surface area (Å²) in [5.74, 6) is -2.88. The number of hydrogen-bond donors (Lipinski definition) is 8. The van der Waals surface area contributed by atoms with E-state index in [0.717, 1.165) is 64.9 Å². The molecular weight excluding hydrogens is 1140 g/mol. The van der Waals surface area contributed by atoms with Crippen molar-refractivity contribution in [3.05, 3.63) is 113 Å². The number of unbranched alkanes of at least 4 members (excludes halogenated alkanes) is 6. The smallest absolute Gasteiger partial charge is 0.408 e. The largest absolute Gasteiger partial charge is 0.444 e. The summed E-state index contributed by atoms with van der Waals surface area (Å²) in [6.45, 7) is 13.2. The maximum absolute atomic E-state index is 14.4. The van der Waals surface area contributed by atoms with Crippen molar-refractivity contribution in [1.29, 1.82) is 0 Å². The number of rotatable bonds is 26. The van der Waals surface area contributed by atoms with Crippen LogP contribution in [0.4, 0.5) is 4.79 Å². The molecule has 4 aromatic rings. The lowest BCUT2D eigenvalue weighted by atomic mass is 9.85. The third-order valence-electron chi connectivity index (χ3n) is 16.6. The molecule has 0 bridgehead atoms. The highest BCUT2D eigenvalue weighted by atomic mass is 32.1. The second kappa shape index (κ2) is 31.8. The molecule has 2 unspecified atom stereocenters. The number of fused-ring (bicyclic) bond motifs is 1. The average molecular weight is 1230 g/mol. The highest BCUT2D eigenvalue weighted by molar-refractivity contribution is 7.13. The van der Waals surface area contributed by atoms with Gasteiger partial charge in [0, 0.05) is 57.9 Å². The average Bonchev–Trinajstić information content (AvgIpc) is 2.46. The van der Waals surface area contributed by atoms with E-state index in [1.54, 1.807) is 41.9 Å². The summed E-state index contributed by atoms with van der Waals surface area (Å²) in [4.78, 5) is 119. The molecule has 22 heteroatoms. The summed E-state index contributed by atoms with van der Waals surface area (Å²) in [5.41, 5.74) is 10.3. The minimum Gasteiger partial charge on any atom is -0.444 e. The number of aromatic nitrogens is 1. The number of nitrogens with two attached hydrogens (primary N) is 1. The Kier molecular flexibility index (Phi) is 24.6. The van der Waals surface area contributed by atoms with E-state index >= 15 is 0 Å². The third-order valence-corrected chi connectivity index (χ3v) is 17.6. The Morgan fingerprint density at radius 3 is 1.94 bits per heavy atom. The van der Waals surface area contributed by atoms with E-state index in [1.807, 2.05) is 118 Å². The van der Waals surface area contributed by atoms with E-state index in [0.29, 0.717) is 38.6 Å². The van der Waals surface area contributed by atoms with Gasteiger partial charge >= 0.3 is 6.09 Å². The Morgan fingerprint density at radius 2 is 1.35 bits per heavy atom. The lowest BCUT2D eigenvalue weighted by Crippen LogP contribution is -2.64. The van der Waals surface area contributed by atoms with E-state index in [2.05, 4.69) is 31.6 Å². The maximum atomic E-state index is 14.4. The Morgan fingerprint density at radius 1 is 0.727 bits per heavy atom. The van der Waals surface area contributed by atoms with Gasteiger partial charge in [0.15, 0.2) is 0 Å². The summed E-state index contributed by atoms with van der Waals surface area (Å²) in [6, 6.07) is 20.7. The zero-order chi connectivity index (χ0) is 63.7. The molecule has 88 heavy (non-hydrogen) atoms. The SMILES string of the molecule is Cc1ncsc1-c1ccc(CNC(=O)[C@@H]2C[C@@H](O)CN2C(=O)[C@@H](NC(=O)CCCCCCCCCC(=O)N2CC[C@H]3CC[C@@H](C(=O)NC(CCC(N)=O)C(=O)NC(c4ccccc4)c4ccccc4)N3C(O)[C@@H](NC(=O)OC(C)(C)C)C2)C(C)(C)C)cc1. The first-order chi connectivity index (χ1) is 41.9. The topological polar surface area (TPSA) is 295 Å². The predicted molar refractivity (Wildman–Crippen MR) is 335 cm³/mol. The molecule has 21 nitrogen and oxygen atoms in total. The van der Waals surface area contributed by atoms with Crippen molar-refractivity contribution in [2.75, 3.05) is 19.6 Å². The minimum atomic E-state index is -1.43. The zero-order valence-electron chi connectivity index (χ0n) is 52.1.